The zero-order valence-corrected chi connectivity index (χ0v) is 13.8. The van der Waals surface area contributed by atoms with Crippen LogP contribution in [0.2, 0.25) is 0 Å². The van der Waals surface area contributed by atoms with Crippen LogP contribution in [0.25, 0.3) is 0 Å². The maximum absolute atomic E-state index is 13.0. The summed E-state index contributed by atoms with van der Waals surface area (Å²) in [6.45, 7) is 8.17. The summed E-state index contributed by atoms with van der Waals surface area (Å²) in [6.07, 6.45) is 3.00. The number of likely N-dealkylation sites (tertiary alicyclic amines) is 1. The Balaban J connectivity index is 1.71. The number of hydrogen-bond donors (Lipinski definition) is 0. The molecular formula is C18H26FNO2. The summed E-state index contributed by atoms with van der Waals surface area (Å²) < 4.78 is 18.6. The van der Waals surface area contributed by atoms with Crippen LogP contribution in [0.3, 0.4) is 0 Å². The molecule has 1 aliphatic rings. The lowest BCUT2D eigenvalue weighted by molar-refractivity contribution is -0.140. The zero-order valence-electron chi connectivity index (χ0n) is 13.8. The summed E-state index contributed by atoms with van der Waals surface area (Å²) in [6, 6.07) is 6.24. The maximum atomic E-state index is 13.0. The molecular weight excluding hydrogens is 281 g/mol. The average molecular weight is 307 g/mol. The zero-order chi connectivity index (χ0) is 16.2. The molecule has 22 heavy (non-hydrogen) atoms. The molecule has 122 valence electrons. The van der Waals surface area contributed by atoms with Gasteiger partial charge in [0.1, 0.15) is 11.6 Å². The minimum absolute atomic E-state index is 0.238. The van der Waals surface area contributed by atoms with E-state index in [2.05, 4.69) is 0 Å². The highest BCUT2D eigenvalue weighted by Crippen LogP contribution is 2.25. The van der Waals surface area contributed by atoms with Crippen molar-refractivity contribution in [1.29, 1.82) is 0 Å². The van der Waals surface area contributed by atoms with E-state index in [0.717, 1.165) is 32.4 Å². The molecule has 0 radical (unpaired) electrons. The summed E-state index contributed by atoms with van der Waals surface area (Å²) >= 11 is 0. The van der Waals surface area contributed by atoms with Crippen LogP contribution in [-0.4, -0.2) is 30.5 Å². The van der Waals surface area contributed by atoms with Gasteiger partial charge >= 0.3 is 0 Å². The fourth-order valence-corrected chi connectivity index (χ4v) is 2.80. The van der Waals surface area contributed by atoms with E-state index in [1.165, 1.54) is 12.1 Å². The fourth-order valence-electron chi connectivity index (χ4n) is 2.80. The molecule has 0 N–H and O–H groups in total. The maximum Gasteiger partial charge on any atom is 0.227 e. The second-order valence-electron chi connectivity index (χ2n) is 7.08. The lowest BCUT2D eigenvalue weighted by atomic mass is 9.90. The Kier molecular flexibility index (Phi) is 5.43. The van der Waals surface area contributed by atoms with Gasteiger partial charge in [0.05, 0.1) is 6.61 Å². The topological polar surface area (TPSA) is 29.5 Å². The minimum atomic E-state index is -0.298. The molecule has 0 unspecified atom stereocenters. The van der Waals surface area contributed by atoms with Gasteiger partial charge in [-0.15, -0.1) is 0 Å². The predicted octanol–water partition coefficient (Wildman–Crippen LogP) is 3.88. The second kappa shape index (κ2) is 7.12. The van der Waals surface area contributed by atoms with Crippen molar-refractivity contribution in [1.82, 2.24) is 4.90 Å². The number of halogens is 1. The molecule has 0 spiro atoms. The number of rotatable bonds is 4. The third kappa shape index (κ3) is 4.72. The highest BCUT2D eigenvalue weighted by molar-refractivity contribution is 5.81. The van der Waals surface area contributed by atoms with Gasteiger partial charge in [-0.1, -0.05) is 26.8 Å². The SMILES string of the molecule is CC(C)(C)C(=O)N1CCC(CCOc2cccc(F)c2)CC1. The first-order valence-corrected chi connectivity index (χ1v) is 8.04. The molecule has 3 nitrogen and oxygen atoms in total. The van der Waals surface area contributed by atoms with Crippen LogP contribution in [0.15, 0.2) is 24.3 Å². The van der Waals surface area contributed by atoms with Crippen molar-refractivity contribution in [3.05, 3.63) is 30.1 Å². The van der Waals surface area contributed by atoms with Gasteiger partial charge in [-0.3, -0.25) is 4.79 Å². The standard InChI is InChI=1S/C18H26FNO2/c1-18(2,3)17(21)20-10-7-14(8-11-20)9-12-22-16-6-4-5-15(19)13-16/h4-6,13-14H,7-12H2,1-3H3. The van der Waals surface area contributed by atoms with Gasteiger partial charge in [0.15, 0.2) is 0 Å². The highest BCUT2D eigenvalue weighted by atomic mass is 19.1. The van der Waals surface area contributed by atoms with E-state index in [4.69, 9.17) is 4.74 Å². The monoisotopic (exact) mass is 307 g/mol. The lowest BCUT2D eigenvalue weighted by Gasteiger charge is -2.35. The smallest absolute Gasteiger partial charge is 0.227 e. The number of amides is 1. The summed E-state index contributed by atoms with van der Waals surface area (Å²) in [4.78, 5) is 14.2. The third-order valence-electron chi connectivity index (χ3n) is 4.13. The molecule has 4 heteroatoms. The second-order valence-corrected chi connectivity index (χ2v) is 7.08. The van der Waals surface area contributed by atoms with Crippen LogP contribution in [0.5, 0.6) is 5.75 Å². The number of nitrogens with zero attached hydrogens (tertiary/aromatic N) is 1. The summed E-state index contributed by atoms with van der Waals surface area (Å²) in [5.41, 5.74) is -0.298. The third-order valence-corrected chi connectivity index (χ3v) is 4.13. The van der Waals surface area contributed by atoms with Gasteiger partial charge in [0.25, 0.3) is 0 Å². The molecule has 0 bridgehead atoms. The summed E-state index contributed by atoms with van der Waals surface area (Å²) in [7, 11) is 0. The van der Waals surface area contributed by atoms with E-state index in [0.29, 0.717) is 18.3 Å². The van der Waals surface area contributed by atoms with Crippen LogP contribution in [-0.2, 0) is 4.79 Å². The first kappa shape index (κ1) is 16.8. The Morgan fingerprint density at radius 3 is 2.59 bits per heavy atom. The van der Waals surface area contributed by atoms with E-state index < -0.39 is 0 Å². The van der Waals surface area contributed by atoms with E-state index in [1.807, 2.05) is 25.7 Å². The number of benzene rings is 1. The average Bonchev–Trinajstić information content (AvgIpc) is 2.46. The van der Waals surface area contributed by atoms with Gasteiger partial charge in [-0.05, 0) is 37.3 Å². The number of carbonyl (C=O) groups excluding carboxylic acids is 1. The van der Waals surface area contributed by atoms with E-state index in [9.17, 15) is 9.18 Å². The minimum Gasteiger partial charge on any atom is -0.493 e. The molecule has 1 saturated heterocycles. The number of piperidine rings is 1. The summed E-state index contributed by atoms with van der Waals surface area (Å²) in [5.74, 6) is 1.13. The van der Waals surface area contributed by atoms with Gasteiger partial charge in [0.2, 0.25) is 5.91 Å². The van der Waals surface area contributed by atoms with Gasteiger partial charge in [-0.25, -0.2) is 4.39 Å². The molecule has 1 aromatic carbocycles. The van der Waals surface area contributed by atoms with Crippen molar-refractivity contribution in [2.75, 3.05) is 19.7 Å². The molecule has 1 amide bonds. The van der Waals surface area contributed by atoms with Crippen molar-refractivity contribution in [2.45, 2.75) is 40.0 Å². The van der Waals surface area contributed by atoms with Crippen LogP contribution >= 0.6 is 0 Å². The molecule has 1 aromatic rings. The Labute approximate surface area is 132 Å². The molecule has 1 fully saturated rings. The molecule has 0 atom stereocenters. The van der Waals surface area contributed by atoms with Crippen molar-refractivity contribution in [2.24, 2.45) is 11.3 Å². The number of carbonyl (C=O) groups is 1. The molecule has 2 rings (SSSR count). The van der Waals surface area contributed by atoms with Gasteiger partial charge in [-0.2, -0.15) is 0 Å². The lowest BCUT2D eigenvalue weighted by Crippen LogP contribution is -2.44. The largest absolute Gasteiger partial charge is 0.493 e. The van der Waals surface area contributed by atoms with Crippen molar-refractivity contribution < 1.29 is 13.9 Å². The molecule has 0 aliphatic carbocycles. The van der Waals surface area contributed by atoms with Crippen molar-refractivity contribution in [3.8, 4) is 5.75 Å². The number of ether oxygens (including phenoxy) is 1. The molecule has 1 heterocycles. The van der Waals surface area contributed by atoms with E-state index in [-0.39, 0.29) is 17.1 Å². The Morgan fingerprint density at radius 2 is 2.00 bits per heavy atom. The van der Waals surface area contributed by atoms with Gasteiger partial charge < -0.3 is 9.64 Å². The quantitative estimate of drug-likeness (QED) is 0.845. The highest BCUT2D eigenvalue weighted by Gasteiger charge is 2.30. The van der Waals surface area contributed by atoms with Crippen LogP contribution in [0, 0.1) is 17.2 Å². The number of hydrogen-bond acceptors (Lipinski definition) is 2. The normalized spacial score (nSPS) is 16.6. The predicted molar refractivity (Wildman–Crippen MR) is 85.3 cm³/mol. The van der Waals surface area contributed by atoms with Crippen LogP contribution < -0.4 is 4.74 Å². The Morgan fingerprint density at radius 1 is 1.32 bits per heavy atom. The van der Waals surface area contributed by atoms with Gasteiger partial charge in [0, 0.05) is 24.6 Å². The van der Waals surface area contributed by atoms with Crippen molar-refractivity contribution in [3.63, 3.8) is 0 Å². The molecule has 0 aromatic heterocycles. The molecule has 1 aliphatic heterocycles. The first-order chi connectivity index (χ1) is 10.4. The van der Waals surface area contributed by atoms with Crippen LogP contribution in [0.1, 0.15) is 40.0 Å². The van der Waals surface area contributed by atoms with E-state index >= 15 is 0 Å². The van der Waals surface area contributed by atoms with Crippen LogP contribution in [0.4, 0.5) is 4.39 Å². The Hall–Kier alpha value is -1.58. The first-order valence-electron chi connectivity index (χ1n) is 8.04. The summed E-state index contributed by atoms with van der Waals surface area (Å²) in [5, 5.41) is 0. The fraction of sp³-hybridized carbons (Fsp3) is 0.611. The van der Waals surface area contributed by atoms with E-state index in [1.54, 1.807) is 12.1 Å². The molecule has 0 saturated carbocycles. The van der Waals surface area contributed by atoms with Crippen molar-refractivity contribution >= 4 is 5.91 Å². The Bertz CT molecular complexity index is 502.